The first-order valence-corrected chi connectivity index (χ1v) is 7.04. The molecule has 0 unspecified atom stereocenters. The van der Waals surface area contributed by atoms with Crippen LogP contribution in [0.25, 0.3) is 0 Å². The zero-order valence-electron chi connectivity index (χ0n) is 11.5. The molecule has 0 aromatic heterocycles. The van der Waals surface area contributed by atoms with Gasteiger partial charge in [-0.2, -0.15) is 0 Å². The van der Waals surface area contributed by atoms with Gasteiger partial charge in [0.25, 0.3) is 5.91 Å². The Hall–Kier alpha value is -1.81. The van der Waals surface area contributed by atoms with Crippen molar-refractivity contribution in [2.24, 2.45) is 0 Å². The maximum atomic E-state index is 12.4. The lowest BCUT2D eigenvalue weighted by atomic mass is 10.1. The van der Waals surface area contributed by atoms with Gasteiger partial charge in [-0.15, -0.1) is 0 Å². The summed E-state index contributed by atoms with van der Waals surface area (Å²) in [6.07, 6.45) is 0. The van der Waals surface area contributed by atoms with E-state index in [0.29, 0.717) is 12.1 Å². The fraction of sp³-hybridized carbons (Fsp3) is 0.188. The van der Waals surface area contributed by atoms with E-state index < -0.39 is 0 Å². The number of amides is 1. The summed E-state index contributed by atoms with van der Waals surface area (Å²) in [6.45, 7) is 0.539. The summed E-state index contributed by atoms with van der Waals surface area (Å²) in [6, 6.07) is 15.2. The molecule has 3 nitrogen and oxygen atoms in total. The van der Waals surface area contributed by atoms with Gasteiger partial charge in [0.2, 0.25) is 0 Å². The lowest BCUT2D eigenvalue weighted by molar-refractivity contribution is 0.0784. The van der Waals surface area contributed by atoms with Crippen molar-refractivity contribution in [3.05, 3.63) is 64.1 Å². The van der Waals surface area contributed by atoms with E-state index in [1.54, 1.807) is 19.1 Å². The van der Waals surface area contributed by atoms with Crippen molar-refractivity contribution in [2.45, 2.75) is 6.54 Å². The van der Waals surface area contributed by atoms with Gasteiger partial charge in [0.1, 0.15) is 5.75 Å². The minimum absolute atomic E-state index is 0.0136. The van der Waals surface area contributed by atoms with Crippen LogP contribution in [0.5, 0.6) is 5.75 Å². The molecule has 0 N–H and O–H groups in total. The van der Waals surface area contributed by atoms with Crippen LogP contribution in [0.15, 0.2) is 53.0 Å². The Morgan fingerprint density at radius 3 is 2.65 bits per heavy atom. The maximum absolute atomic E-state index is 12.4. The molecule has 4 heteroatoms. The van der Waals surface area contributed by atoms with Crippen molar-refractivity contribution in [3.63, 3.8) is 0 Å². The van der Waals surface area contributed by atoms with E-state index in [1.807, 2.05) is 48.5 Å². The highest BCUT2D eigenvalue weighted by Gasteiger charge is 2.14. The number of ether oxygens (including phenoxy) is 1. The average molecular weight is 334 g/mol. The quantitative estimate of drug-likeness (QED) is 0.853. The summed E-state index contributed by atoms with van der Waals surface area (Å²) >= 11 is 3.41. The van der Waals surface area contributed by atoms with Crippen LogP contribution in [0.2, 0.25) is 0 Å². The van der Waals surface area contributed by atoms with E-state index in [1.165, 1.54) is 0 Å². The molecule has 2 rings (SSSR count). The number of nitrogens with zero attached hydrogens (tertiary/aromatic N) is 1. The predicted molar refractivity (Wildman–Crippen MR) is 82.9 cm³/mol. The fourth-order valence-corrected chi connectivity index (χ4v) is 2.41. The van der Waals surface area contributed by atoms with Crippen molar-refractivity contribution in [2.75, 3.05) is 14.2 Å². The largest absolute Gasteiger partial charge is 0.497 e. The van der Waals surface area contributed by atoms with Crippen LogP contribution in [0.3, 0.4) is 0 Å². The Labute approximate surface area is 127 Å². The van der Waals surface area contributed by atoms with Crippen LogP contribution in [-0.2, 0) is 6.54 Å². The lowest BCUT2D eigenvalue weighted by Crippen LogP contribution is -2.26. The molecule has 104 valence electrons. The molecule has 0 aliphatic heterocycles. The number of rotatable bonds is 4. The third-order valence-electron chi connectivity index (χ3n) is 3.00. The number of halogens is 1. The highest BCUT2D eigenvalue weighted by molar-refractivity contribution is 9.10. The average Bonchev–Trinajstić information content (AvgIpc) is 2.47. The molecule has 0 bridgehead atoms. The highest BCUT2D eigenvalue weighted by Crippen LogP contribution is 2.19. The highest BCUT2D eigenvalue weighted by atomic mass is 79.9. The molecule has 0 fully saturated rings. The molecule has 0 saturated heterocycles. The minimum Gasteiger partial charge on any atom is -0.497 e. The zero-order chi connectivity index (χ0) is 14.5. The maximum Gasteiger partial charge on any atom is 0.255 e. The Balaban J connectivity index is 2.13. The van der Waals surface area contributed by atoms with Crippen molar-refractivity contribution < 1.29 is 9.53 Å². The SMILES string of the molecule is COc1cccc(CN(C)C(=O)c2ccccc2Br)c1. The number of methoxy groups -OCH3 is 1. The van der Waals surface area contributed by atoms with Crippen molar-refractivity contribution in [3.8, 4) is 5.75 Å². The second-order valence-electron chi connectivity index (χ2n) is 4.49. The van der Waals surface area contributed by atoms with E-state index in [2.05, 4.69) is 15.9 Å². The monoisotopic (exact) mass is 333 g/mol. The van der Waals surface area contributed by atoms with Crippen LogP contribution in [0, 0.1) is 0 Å². The van der Waals surface area contributed by atoms with Crippen molar-refractivity contribution >= 4 is 21.8 Å². The number of carbonyl (C=O) groups excluding carboxylic acids is 1. The van der Waals surface area contributed by atoms with Crippen LogP contribution < -0.4 is 4.74 Å². The van der Waals surface area contributed by atoms with Gasteiger partial charge in [-0.1, -0.05) is 24.3 Å². The minimum atomic E-state index is -0.0136. The van der Waals surface area contributed by atoms with Gasteiger partial charge in [0.15, 0.2) is 0 Å². The lowest BCUT2D eigenvalue weighted by Gasteiger charge is -2.18. The molecule has 0 atom stereocenters. The van der Waals surface area contributed by atoms with Gasteiger partial charge >= 0.3 is 0 Å². The molecule has 0 radical (unpaired) electrons. The summed E-state index contributed by atoms with van der Waals surface area (Å²) in [4.78, 5) is 14.1. The molecule has 0 spiro atoms. The molecular formula is C16H16BrNO2. The predicted octanol–water partition coefficient (Wildman–Crippen LogP) is 3.73. The Kier molecular flexibility index (Phi) is 4.79. The topological polar surface area (TPSA) is 29.5 Å². The molecular weight excluding hydrogens is 318 g/mol. The Morgan fingerprint density at radius 1 is 1.20 bits per heavy atom. The molecule has 0 aliphatic carbocycles. The fourth-order valence-electron chi connectivity index (χ4n) is 1.96. The van der Waals surface area contributed by atoms with Crippen LogP contribution in [-0.4, -0.2) is 25.0 Å². The van der Waals surface area contributed by atoms with E-state index in [-0.39, 0.29) is 5.91 Å². The molecule has 2 aromatic carbocycles. The van der Waals surface area contributed by atoms with E-state index in [4.69, 9.17) is 4.74 Å². The number of benzene rings is 2. The smallest absolute Gasteiger partial charge is 0.255 e. The normalized spacial score (nSPS) is 10.2. The molecule has 0 aliphatic rings. The second-order valence-corrected chi connectivity index (χ2v) is 5.35. The van der Waals surface area contributed by atoms with Gasteiger partial charge in [0.05, 0.1) is 12.7 Å². The van der Waals surface area contributed by atoms with E-state index in [9.17, 15) is 4.79 Å². The first-order chi connectivity index (χ1) is 9.61. The number of hydrogen-bond acceptors (Lipinski definition) is 2. The molecule has 0 heterocycles. The summed E-state index contributed by atoms with van der Waals surface area (Å²) in [5.74, 6) is 0.782. The van der Waals surface area contributed by atoms with Gasteiger partial charge in [-0.05, 0) is 45.8 Å². The summed E-state index contributed by atoms with van der Waals surface area (Å²) in [5, 5.41) is 0. The zero-order valence-corrected chi connectivity index (χ0v) is 13.1. The van der Waals surface area contributed by atoms with Gasteiger partial charge in [-0.25, -0.2) is 0 Å². The second kappa shape index (κ2) is 6.57. The van der Waals surface area contributed by atoms with Crippen LogP contribution >= 0.6 is 15.9 Å². The van der Waals surface area contributed by atoms with E-state index in [0.717, 1.165) is 15.8 Å². The third kappa shape index (κ3) is 3.39. The Morgan fingerprint density at radius 2 is 1.95 bits per heavy atom. The standard InChI is InChI=1S/C16H16BrNO2/c1-18(11-12-6-5-7-13(10-12)20-2)16(19)14-8-3-4-9-15(14)17/h3-10H,11H2,1-2H3. The summed E-state index contributed by atoms with van der Waals surface area (Å²) in [7, 11) is 3.43. The first-order valence-electron chi connectivity index (χ1n) is 6.24. The van der Waals surface area contributed by atoms with Crippen LogP contribution in [0.1, 0.15) is 15.9 Å². The number of carbonyl (C=O) groups is 1. The van der Waals surface area contributed by atoms with Crippen LogP contribution in [0.4, 0.5) is 0 Å². The third-order valence-corrected chi connectivity index (χ3v) is 3.70. The van der Waals surface area contributed by atoms with Crippen molar-refractivity contribution in [1.29, 1.82) is 0 Å². The number of hydrogen-bond donors (Lipinski definition) is 0. The van der Waals surface area contributed by atoms with Crippen molar-refractivity contribution in [1.82, 2.24) is 4.90 Å². The van der Waals surface area contributed by atoms with E-state index >= 15 is 0 Å². The molecule has 0 saturated carbocycles. The summed E-state index contributed by atoms with van der Waals surface area (Å²) in [5.41, 5.74) is 1.70. The molecule has 20 heavy (non-hydrogen) atoms. The first kappa shape index (κ1) is 14.6. The molecule has 1 amide bonds. The van der Waals surface area contributed by atoms with Gasteiger partial charge < -0.3 is 9.64 Å². The molecule has 2 aromatic rings. The summed E-state index contributed by atoms with van der Waals surface area (Å²) < 4.78 is 6.00. The Bertz CT molecular complexity index is 613. The van der Waals surface area contributed by atoms with Gasteiger partial charge in [-0.3, -0.25) is 4.79 Å². The van der Waals surface area contributed by atoms with Gasteiger partial charge in [0, 0.05) is 18.1 Å².